The van der Waals surface area contributed by atoms with Crippen LogP contribution in [0.1, 0.15) is 12.0 Å². The van der Waals surface area contributed by atoms with Gasteiger partial charge in [0, 0.05) is 31.0 Å². The first-order valence-corrected chi connectivity index (χ1v) is 6.79. The third-order valence-electron chi connectivity index (χ3n) is 3.68. The van der Waals surface area contributed by atoms with Gasteiger partial charge in [0.25, 0.3) is 0 Å². The number of amides is 2. The summed E-state index contributed by atoms with van der Waals surface area (Å²) in [5.41, 5.74) is 7.17. The van der Waals surface area contributed by atoms with Gasteiger partial charge in [0.1, 0.15) is 0 Å². The van der Waals surface area contributed by atoms with Crippen LogP contribution < -0.4 is 10.6 Å². The summed E-state index contributed by atoms with van der Waals surface area (Å²) in [6, 6.07) is 9.57. The molecule has 108 valence electrons. The minimum Gasteiger partial charge on any atom is -0.369 e. The van der Waals surface area contributed by atoms with Crippen LogP contribution in [0.2, 0.25) is 0 Å². The van der Waals surface area contributed by atoms with Gasteiger partial charge in [-0.3, -0.25) is 14.3 Å². The summed E-state index contributed by atoms with van der Waals surface area (Å²) in [7, 11) is 0. The third-order valence-corrected chi connectivity index (χ3v) is 3.68. The van der Waals surface area contributed by atoms with Gasteiger partial charge in [0.15, 0.2) is 0 Å². The molecule has 0 aliphatic carbocycles. The molecule has 3 rings (SSSR count). The number of benzene rings is 1. The molecule has 2 heterocycles. The van der Waals surface area contributed by atoms with Crippen LogP contribution in [-0.4, -0.2) is 28.1 Å². The average molecular weight is 284 g/mol. The topological polar surface area (TPSA) is 81.2 Å². The number of hydrogen-bond acceptors (Lipinski definition) is 3. The van der Waals surface area contributed by atoms with Crippen molar-refractivity contribution in [2.75, 3.05) is 11.4 Å². The molecule has 1 aromatic heterocycles. The van der Waals surface area contributed by atoms with Crippen LogP contribution >= 0.6 is 0 Å². The molecule has 1 aromatic carbocycles. The Morgan fingerprint density at radius 1 is 1.33 bits per heavy atom. The Morgan fingerprint density at radius 2 is 2.10 bits per heavy atom. The summed E-state index contributed by atoms with van der Waals surface area (Å²) in [5.74, 6) is -0.860. The quantitative estimate of drug-likeness (QED) is 0.900. The summed E-state index contributed by atoms with van der Waals surface area (Å²) >= 11 is 0. The molecule has 1 saturated heterocycles. The molecule has 0 saturated carbocycles. The van der Waals surface area contributed by atoms with Crippen molar-refractivity contribution in [1.82, 2.24) is 9.78 Å². The Hall–Kier alpha value is -2.63. The Kier molecular flexibility index (Phi) is 3.43. The van der Waals surface area contributed by atoms with E-state index in [4.69, 9.17) is 5.73 Å². The lowest BCUT2D eigenvalue weighted by Gasteiger charge is -2.16. The lowest BCUT2D eigenvalue weighted by atomic mass is 10.1. The van der Waals surface area contributed by atoms with Crippen LogP contribution in [0.15, 0.2) is 42.7 Å². The van der Waals surface area contributed by atoms with Gasteiger partial charge >= 0.3 is 0 Å². The Balaban J connectivity index is 1.72. The molecular weight excluding hydrogens is 268 g/mol. The van der Waals surface area contributed by atoms with Crippen molar-refractivity contribution in [1.29, 1.82) is 0 Å². The summed E-state index contributed by atoms with van der Waals surface area (Å²) in [4.78, 5) is 24.7. The molecule has 1 aliphatic rings. The number of carbonyl (C=O) groups excluding carboxylic acids is 2. The highest BCUT2D eigenvalue weighted by atomic mass is 16.2. The van der Waals surface area contributed by atoms with Crippen LogP contribution in [-0.2, 0) is 16.1 Å². The monoisotopic (exact) mass is 284 g/mol. The van der Waals surface area contributed by atoms with Crippen molar-refractivity contribution < 1.29 is 9.59 Å². The van der Waals surface area contributed by atoms with E-state index in [0.29, 0.717) is 13.1 Å². The number of nitrogens with two attached hydrogens (primary N) is 1. The maximum absolute atomic E-state index is 11.9. The fraction of sp³-hybridized carbons (Fsp3) is 0.267. The van der Waals surface area contributed by atoms with E-state index in [1.165, 1.54) is 0 Å². The minimum absolute atomic E-state index is 0.0568. The van der Waals surface area contributed by atoms with Gasteiger partial charge in [0.05, 0.1) is 12.5 Å². The average Bonchev–Trinajstić information content (AvgIpc) is 3.09. The van der Waals surface area contributed by atoms with Gasteiger partial charge in [-0.25, -0.2) is 0 Å². The molecule has 0 radical (unpaired) electrons. The molecule has 2 amide bonds. The standard InChI is InChI=1S/C15H16N4O2/c16-15(21)12-8-14(20)19(10-12)13-4-2-11(3-5-13)9-18-7-1-6-17-18/h1-7,12H,8-10H2,(H2,16,21). The number of aromatic nitrogens is 2. The first-order chi connectivity index (χ1) is 10.1. The van der Waals surface area contributed by atoms with Crippen molar-refractivity contribution in [3.05, 3.63) is 48.3 Å². The van der Waals surface area contributed by atoms with Crippen molar-refractivity contribution >= 4 is 17.5 Å². The normalized spacial score (nSPS) is 18.2. The smallest absolute Gasteiger partial charge is 0.227 e. The number of hydrogen-bond donors (Lipinski definition) is 1. The minimum atomic E-state index is -0.416. The number of nitrogens with zero attached hydrogens (tertiary/aromatic N) is 3. The van der Waals surface area contributed by atoms with Crippen molar-refractivity contribution in [2.24, 2.45) is 11.7 Å². The van der Waals surface area contributed by atoms with E-state index in [1.54, 1.807) is 11.1 Å². The van der Waals surface area contributed by atoms with Crippen molar-refractivity contribution in [3.63, 3.8) is 0 Å². The number of carbonyl (C=O) groups is 2. The highest BCUT2D eigenvalue weighted by molar-refractivity contribution is 6.00. The SMILES string of the molecule is NC(=O)C1CC(=O)N(c2ccc(Cn3cccn3)cc2)C1. The second kappa shape index (κ2) is 5.40. The molecule has 6 nitrogen and oxygen atoms in total. The van der Waals surface area contributed by atoms with E-state index in [2.05, 4.69) is 5.10 Å². The maximum atomic E-state index is 11.9. The summed E-state index contributed by atoms with van der Waals surface area (Å²) in [5, 5.41) is 4.15. The van der Waals surface area contributed by atoms with Gasteiger partial charge in [-0.2, -0.15) is 5.10 Å². The zero-order valence-electron chi connectivity index (χ0n) is 11.5. The van der Waals surface area contributed by atoms with Gasteiger partial charge in [0.2, 0.25) is 11.8 Å². The van der Waals surface area contributed by atoms with E-state index in [9.17, 15) is 9.59 Å². The predicted octanol–water partition coefficient (Wildman–Crippen LogP) is 0.770. The molecular formula is C15H16N4O2. The highest BCUT2D eigenvalue weighted by Gasteiger charge is 2.33. The van der Waals surface area contributed by atoms with Gasteiger partial charge in [-0.15, -0.1) is 0 Å². The predicted molar refractivity (Wildman–Crippen MR) is 77.4 cm³/mol. The van der Waals surface area contributed by atoms with Gasteiger partial charge in [-0.1, -0.05) is 12.1 Å². The van der Waals surface area contributed by atoms with Gasteiger partial charge in [-0.05, 0) is 23.8 Å². The Morgan fingerprint density at radius 3 is 2.67 bits per heavy atom. The Labute approximate surface area is 122 Å². The summed E-state index contributed by atoms with van der Waals surface area (Å²) in [6.07, 6.45) is 3.83. The summed E-state index contributed by atoms with van der Waals surface area (Å²) in [6.45, 7) is 1.05. The molecule has 2 N–H and O–H groups in total. The molecule has 1 atom stereocenters. The molecule has 1 aliphatic heterocycles. The van der Waals surface area contributed by atoms with E-state index >= 15 is 0 Å². The highest BCUT2D eigenvalue weighted by Crippen LogP contribution is 2.25. The summed E-state index contributed by atoms with van der Waals surface area (Å²) < 4.78 is 1.83. The first-order valence-electron chi connectivity index (χ1n) is 6.79. The molecule has 2 aromatic rings. The molecule has 0 spiro atoms. The molecule has 0 bridgehead atoms. The largest absolute Gasteiger partial charge is 0.369 e. The van der Waals surface area contributed by atoms with Crippen LogP contribution in [0.3, 0.4) is 0 Å². The molecule has 6 heteroatoms. The van der Waals surface area contributed by atoms with Crippen molar-refractivity contribution in [3.8, 4) is 0 Å². The van der Waals surface area contributed by atoms with Crippen LogP contribution in [0.4, 0.5) is 5.69 Å². The first kappa shape index (κ1) is 13.4. The molecule has 1 unspecified atom stereocenters. The number of primary amides is 1. The fourth-order valence-corrected chi connectivity index (χ4v) is 2.51. The maximum Gasteiger partial charge on any atom is 0.227 e. The lowest BCUT2D eigenvalue weighted by Crippen LogP contribution is -2.28. The molecule has 21 heavy (non-hydrogen) atoms. The Bertz CT molecular complexity index is 649. The lowest BCUT2D eigenvalue weighted by molar-refractivity contribution is -0.123. The van der Waals surface area contributed by atoms with E-state index in [-0.39, 0.29) is 18.2 Å². The number of anilines is 1. The second-order valence-electron chi connectivity index (χ2n) is 5.18. The van der Waals surface area contributed by atoms with Crippen LogP contribution in [0, 0.1) is 5.92 Å². The van der Waals surface area contributed by atoms with E-state index < -0.39 is 5.91 Å². The zero-order chi connectivity index (χ0) is 14.8. The fourth-order valence-electron chi connectivity index (χ4n) is 2.51. The van der Waals surface area contributed by atoms with E-state index in [1.807, 2.05) is 41.2 Å². The van der Waals surface area contributed by atoms with E-state index in [0.717, 1.165) is 11.3 Å². The van der Waals surface area contributed by atoms with Crippen LogP contribution in [0.5, 0.6) is 0 Å². The van der Waals surface area contributed by atoms with Crippen LogP contribution in [0.25, 0.3) is 0 Å². The number of rotatable bonds is 4. The third kappa shape index (κ3) is 2.79. The zero-order valence-corrected chi connectivity index (χ0v) is 11.5. The van der Waals surface area contributed by atoms with Crippen molar-refractivity contribution in [2.45, 2.75) is 13.0 Å². The molecule has 1 fully saturated rings. The van der Waals surface area contributed by atoms with Gasteiger partial charge < -0.3 is 10.6 Å². The second-order valence-corrected chi connectivity index (χ2v) is 5.18.